The number of benzene rings is 1. The largest absolute Gasteiger partial charge is 0.300 e. The van der Waals surface area contributed by atoms with E-state index in [9.17, 15) is 0 Å². The van der Waals surface area contributed by atoms with Gasteiger partial charge in [-0.1, -0.05) is 49.3 Å². The Kier molecular flexibility index (Phi) is 6.13. The minimum absolute atomic E-state index is 0.567. The van der Waals surface area contributed by atoms with Gasteiger partial charge in [0.15, 0.2) is 0 Å². The quantitative estimate of drug-likeness (QED) is 0.637. The molecule has 0 aliphatic carbocycles. The maximum absolute atomic E-state index is 2.49. The van der Waals surface area contributed by atoms with Gasteiger partial charge in [0.2, 0.25) is 0 Å². The van der Waals surface area contributed by atoms with Crippen molar-refractivity contribution in [3.8, 4) is 0 Å². The van der Waals surface area contributed by atoms with E-state index in [2.05, 4.69) is 68.3 Å². The lowest BCUT2D eigenvalue weighted by atomic mass is 9.97. The van der Waals surface area contributed by atoms with Crippen LogP contribution < -0.4 is 0 Å². The van der Waals surface area contributed by atoms with Crippen LogP contribution in [0.5, 0.6) is 0 Å². The molecule has 114 valence electrons. The smallest absolute Gasteiger partial charge is 0.0381 e. The Hall–Kier alpha value is -0.990. The van der Waals surface area contributed by atoms with Crippen LogP contribution >= 0.6 is 11.8 Å². The van der Waals surface area contributed by atoms with Gasteiger partial charge in [-0.2, -0.15) is 0 Å². The molecule has 1 atom stereocenters. The van der Waals surface area contributed by atoms with E-state index in [4.69, 9.17) is 0 Å². The van der Waals surface area contributed by atoms with Gasteiger partial charge in [0, 0.05) is 11.8 Å². The third-order valence-electron chi connectivity index (χ3n) is 4.41. The van der Waals surface area contributed by atoms with Crippen LogP contribution in [0.15, 0.2) is 40.8 Å². The van der Waals surface area contributed by atoms with E-state index in [0.29, 0.717) is 5.25 Å². The second-order valence-corrected chi connectivity index (χ2v) is 6.90. The first kappa shape index (κ1) is 16.4. The van der Waals surface area contributed by atoms with Gasteiger partial charge in [0.1, 0.15) is 0 Å². The minimum Gasteiger partial charge on any atom is -0.300 e. The van der Waals surface area contributed by atoms with Crippen molar-refractivity contribution < 1.29 is 0 Å². The fourth-order valence-electron chi connectivity index (χ4n) is 2.76. The zero-order valence-electron chi connectivity index (χ0n) is 13.7. The average molecular weight is 301 g/mol. The van der Waals surface area contributed by atoms with Crippen molar-refractivity contribution in [2.24, 2.45) is 0 Å². The molecule has 0 spiro atoms. The second kappa shape index (κ2) is 7.86. The highest BCUT2D eigenvalue weighted by atomic mass is 32.2. The summed E-state index contributed by atoms with van der Waals surface area (Å²) in [5.41, 5.74) is 5.95. The molecule has 1 aliphatic rings. The van der Waals surface area contributed by atoms with Gasteiger partial charge in [-0.05, 0) is 56.0 Å². The first-order valence-corrected chi connectivity index (χ1v) is 8.88. The number of allylic oxidation sites excluding steroid dienone is 1. The van der Waals surface area contributed by atoms with Crippen LogP contribution in [0, 0.1) is 0 Å². The zero-order valence-corrected chi connectivity index (χ0v) is 14.5. The fraction of sp³-hybridized carbons (Fsp3) is 0.474. The Morgan fingerprint density at radius 1 is 1.10 bits per heavy atom. The molecule has 1 aliphatic heterocycles. The molecule has 1 unspecified atom stereocenters. The number of hydrogen-bond acceptors (Lipinski definition) is 2. The Labute approximate surface area is 134 Å². The van der Waals surface area contributed by atoms with Gasteiger partial charge in [0.05, 0.1) is 0 Å². The highest BCUT2D eigenvalue weighted by Gasteiger charge is 2.18. The topological polar surface area (TPSA) is 3.24 Å². The molecule has 0 saturated carbocycles. The zero-order chi connectivity index (χ0) is 15.2. The van der Waals surface area contributed by atoms with E-state index in [1.54, 1.807) is 5.57 Å². The molecule has 2 rings (SSSR count). The van der Waals surface area contributed by atoms with Crippen LogP contribution in [0.25, 0.3) is 6.08 Å². The number of likely N-dealkylation sites (N-methyl/N-ethyl adjacent to an activating group) is 1. The van der Waals surface area contributed by atoms with E-state index < -0.39 is 0 Å². The first-order chi connectivity index (χ1) is 10.2. The van der Waals surface area contributed by atoms with Crippen LogP contribution in [-0.2, 0) is 0 Å². The molecule has 0 aromatic heterocycles. The van der Waals surface area contributed by atoms with E-state index in [1.165, 1.54) is 16.7 Å². The van der Waals surface area contributed by atoms with Gasteiger partial charge in [-0.15, -0.1) is 11.8 Å². The molecule has 2 heteroatoms. The number of nitrogens with zero attached hydrogens (tertiary/aromatic N) is 1. The average Bonchev–Trinajstić information content (AvgIpc) is 2.52. The van der Waals surface area contributed by atoms with Gasteiger partial charge in [-0.3, -0.25) is 4.90 Å². The summed E-state index contributed by atoms with van der Waals surface area (Å²) >= 11 is 1.95. The Morgan fingerprint density at radius 3 is 2.52 bits per heavy atom. The maximum atomic E-state index is 2.49. The Bertz CT molecular complexity index is 526. The summed E-state index contributed by atoms with van der Waals surface area (Å²) < 4.78 is 0. The van der Waals surface area contributed by atoms with Crippen molar-refractivity contribution in [3.05, 3.63) is 51.9 Å². The summed E-state index contributed by atoms with van der Waals surface area (Å²) in [6.45, 7) is 12.4. The van der Waals surface area contributed by atoms with Crippen molar-refractivity contribution in [3.63, 3.8) is 0 Å². The third kappa shape index (κ3) is 4.24. The van der Waals surface area contributed by atoms with Gasteiger partial charge in [0.25, 0.3) is 0 Å². The Morgan fingerprint density at radius 2 is 1.81 bits per heavy atom. The van der Waals surface area contributed by atoms with Crippen LogP contribution in [0.2, 0.25) is 0 Å². The van der Waals surface area contributed by atoms with Crippen molar-refractivity contribution >= 4 is 17.8 Å². The van der Waals surface area contributed by atoms with Crippen molar-refractivity contribution in [2.75, 3.05) is 19.6 Å². The summed E-state index contributed by atoms with van der Waals surface area (Å²) in [5, 5.41) is 2.82. The van der Waals surface area contributed by atoms with Crippen molar-refractivity contribution in [1.29, 1.82) is 0 Å². The molecule has 0 fully saturated rings. The monoisotopic (exact) mass is 301 g/mol. The van der Waals surface area contributed by atoms with Crippen LogP contribution in [0.4, 0.5) is 0 Å². The third-order valence-corrected chi connectivity index (χ3v) is 5.45. The van der Waals surface area contributed by atoms with E-state index in [1.807, 2.05) is 11.8 Å². The number of fused-ring (bicyclic) bond motifs is 1. The summed E-state index contributed by atoms with van der Waals surface area (Å²) in [5.74, 6) is 0. The summed E-state index contributed by atoms with van der Waals surface area (Å²) in [4.78, 5) is 2.49. The van der Waals surface area contributed by atoms with Gasteiger partial charge < -0.3 is 0 Å². The van der Waals surface area contributed by atoms with E-state index >= 15 is 0 Å². The molecule has 0 amide bonds. The standard InChI is InChI=1S/C19H27NS/c1-5-20(6-2)14-16(4)15(3)13-19-18-10-8-7-9-17(18)11-12-21-19/h7-12,19H,5-6,13-14H2,1-4H3/b16-15-. The van der Waals surface area contributed by atoms with Crippen LogP contribution in [0.3, 0.4) is 0 Å². The highest BCUT2D eigenvalue weighted by Crippen LogP contribution is 2.41. The SMILES string of the molecule is CCN(CC)C/C(C)=C(/C)CC1SC=Cc2ccccc21. The van der Waals surface area contributed by atoms with Crippen LogP contribution in [0.1, 0.15) is 50.5 Å². The number of hydrogen-bond donors (Lipinski definition) is 0. The predicted molar refractivity (Wildman–Crippen MR) is 96.6 cm³/mol. The lowest BCUT2D eigenvalue weighted by molar-refractivity contribution is 0.328. The molecule has 1 aromatic carbocycles. The molecular weight excluding hydrogens is 274 g/mol. The van der Waals surface area contributed by atoms with E-state index in [-0.39, 0.29) is 0 Å². The van der Waals surface area contributed by atoms with Gasteiger partial charge >= 0.3 is 0 Å². The molecule has 21 heavy (non-hydrogen) atoms. The fourth-order valence-corrected chi connectivity index (χ4v) is 3.89. The molecule has 0 radical (unpaired) electrons. The molecule has 0 N–H and O–H groups in total. The lowest BCUT2D eigenvalue weighted by Gasteiger charge is -2.24. The number of rotatable bonds is 6. The van der Waals surface area contributed by atoms with Crippen molar-refractivity contribution in [2.45, 2.75) is 39.4 Å². The summed E-state index contributed by atoms with van der Waals surface area (Å²) in [7, 11) is 0. The minimum atomic E-state index is 0.567. The molecule has 0 bridgehead atoms. The van der Waals surface area contributed by atoms with Crippen LogP contribution in [-0.4, -0.2) is 24.5 Å². The first-order valence-electron chi connectivity index (χ1n) is 7.94. The van der Waals surface area contributed by atoms with E-state index in [0.717, 1.165) is 26.1 Å². The maximum Gasteiger partial charge on any atom is 0.0381 e. The second-order valence-electron chi connectivity index (χ2n) is 5.78. The molecule has 1 nitrogen and oxygen atoms in total. The molecule has 0 saturated heterocycles. The normalized spacial score (nSPS) is 18.6. The van der Waals surface area contributed by atoms with Gasteiger partial charge in [-0.25, -0.2) is 0 Å². The Balaban J connectivity index is 2.09. The molecular formula is C19H27NS. The predicted octanol–water partition coefficient (Wildman–Crippen LogP) is 5.51. The molecule has 1 aromatic rings. The highest BCUT2D eigenvalue weighted by molar-refractivity contribution is 8.02. The molecule has 1 heterocycles. The summed E-state index contributed by atoms with van der Waals surface area (Å²) in [6.07, 6.45) is 3.39. The lowest BCUT2D eigenvalue weighted by Crippen LogP contribution is -2.25. The summed E-state index contributed by atoms with van der Waals surface area (Å²) in [6, 6.07) is 8.79. The van der Waals surface area contributed by atoms with Crippen molar-refractivity contribution in [1.82, 2.24) is 4.90 Å². The number of thioether (sulfide) groups is 1.